The maximum atomic E-state index is 12.0. The molecule has 1 aliphatic rings. The predicted octanol–water partition coefficient (Wildman–Crippen LogP) is 12.5. The number of carbonyl (C=O) groups is 1. The van der Waals surface area contributed by atoms with Crippen LogP contribution >= 0.6 is 0 Å². The van der Waals surface area contributed by atoms with E-state index in [1.165, 1.54) is 6.33 Å². The van der Waals surface area contributed by atoms with Crippen LogP contribution < -0.4 is 10.6 Å². The van der Waals surface area contributed by atoms with Gasteiger partial charge in [-0.1, -0.05) is 11.5 Å². The summed E-state index contributed by atoms with van der Waals surface area (Å²) in [5.41, 5.74) is 175. The van der Waals surface area contributed by atoms with Gasteiger partial charge in [-0.3, -0.25) is 0 Å². The molecule has 1 aromatic heterocycles. The largest absolute Gasteiger partial charge is 0.444 e. The number of amides is 1. The third kappa shape index (κ3) is 49.1. The second-order valence-electron chi connectivity index (χ2n) is 14.4. The molecule has 90 heavy (non-hydrogen) atoms. The Morgan fingerprint density at radius 2 is 0.522 bits per heavy atom. The fourth-order valence-corrected chi connectivity index (χ4v) is 4.11. The molecule has 0 aromatic carbocycles. The zero-order valence-corrected chi connectivity index (χ0v) is 47.6. The number of hydrogen-bond donors (Lipinski definition) is 1. The first kappa shape index (κ1) is 70.7. The summed E-state index contributed by atoms with van der Waals surface area (Å²) in [6.07, 6.45) is 2.79. The molecule has 0 radical (unpaired) electrons. The molecule has 2 heterocycles. The molecule has 7 nitrogen and oxygen atoms in total. The Labute approximate surface area is 517 Å². The van der Waals surface area contributed by atoms with Gasteiger partial charge < -0.3 is 20.3 Å². The molecule has 0 unspecified atom stereocenters. The van der Waals surface area contributed by atoms with Crippen molar-refractivity contribution < 1.29 is 9.53 Å². The number of hydrogen-bond acceptors (Lipinski definition) is 6. The first-order chi connectivity index (χ1) is 44.3. The second kappa shape index (κ2) is 55.1. The molecule has 2 rings (SSSR count). The van der Waals surface area contributed by atoms with E-state index >= 15 is 0 Å². The molecule has 0 aliphatic carbocycles. The summed E-state index contributed by atoms with van der Waals surface area (Å²) < 4.78 is 5.36. The van der Waals surface area contributed by atoms with E-state index in [1.807, 2.05) is 20.8 Å². The Morgan fingerprint density at radius 3 is 0.678 bits per heavy atom. The first-order valence-corrected chi connectivity index (χ1v) is 24.1. The summed E-state index contributed by atoms with van der Waals surface area (Å²) in [4.78, 5) is 23.8. The molecule has 0 bridgehead atoms. The van der Waals surface area contributed by atoms with Crippen molar-refractivity contribution in [1.82, 2.24) is 14.9 Å². The van der Waals surface area contributed by atoms with E-state index in [0.717, 1.165) is 5.82 Å². The van der Waals surface area contributed by atoms with Crippen LogP contribution in [0, 0.1) is 0 Å². The minimum Gasteiger partial charge on any atom is -0.444 e. The number of nitrogens with zero attached hydrogens (tertiary/aromatic N) is 4. The predicted molar refractivity (Wildman–Crippen MR) is 327 cm³/mol. The Hall–Kier alpha value is -17.3. The molecule has 0 spiro atoms. The molecule has 2 N–H and O–H groups in total. The standard InChI is InChI=1S/C70H4.C13H21N5O2/c1-3-5-7-9-11-13-15-17-19-21-23-25-27-29-31-33-35-37-39-41-43-45-47-49-51-53-55-57-59-61-63-65-67-69-70-68-66-64-62-60-58-56-54-52-50-48-46-44-42-40-38-36-34-32-30-28-26-24-22-20-18-16-14-12-10-8-6-4-2;1-13(2,3)20-12(19)18-6-4-17(5-7-18)11-10(14)8-15-9-16-11/h1-2H2;8-9H,4-7,14H2,1-3H3. The molecular formula is C83H25N5O2. The lowest BCUT2D eigenvalue weighted by atomic mass is 10.2. The third-order valence-corrected chi connectivity index (χ3v) is 7.19. The fraction of sp³-hybridized carbons (Fsp3) is 0.0964. The van der Waals surface area contributed by atoms with E-state index in [4.69, 9.17) is 10.5 Å². The van der Waals surface area contributed by atoms with Crippen LogP contribution in [0.4, 0.5) is 16.3 Å². The van der Waals surface area contributed by atoms with E-state index in [1.54, 1.807) is 11.1 Å². The van der Waals surface area contributed by atoms with Gasteiger partial charge in [-0.05, 0) is 126 Å². The average molecular weight is 1120 g/mol. The zero-order chi connectivity index (χ0) is 64.8. The van der Waals surface area contributed by atoms with Crippen LogP contribution in [0.15, 0.2) is 415 Å². The minimum absolute atomic E-state index is 0.271. The highest BCUT2D eigenvalue weighted by atomic mass is 16.6. The zero-order valence-electron chi connectivity index (χ0n) is 47.6. The van der Waals surface area contributed by atoms with Gasteiger partial charge in [0.15, 0.2) is 5.82 Å². The van der Waals surface area contributed by atoms with Gasteiger partial charge >= 0.3 is 6.09 Å². The number of rotatable bonds is 1. The van der Waals surface area contributed by atoms with Crippen molar-refractivity contribution in [2.24, 2.45) is 0 Å². The molecule has 1 amide bonds. The van der Waals surface area contributed by atoms with Crippen LogP contribution in [0.3, 0.4) is 0 Å². The van der Waals surface area contributed by atoms with Crippen LogP contribution in [-0.2, 0) is 4.74 Å². The highest BCUT2D eigenvalue weighted by molar-refractivity contribution is 5.69. The normalized spacial score (nSPS) is 6.66. The maximum Gasteiger partial charge on any atom is 0.410 e. The Kier molecular flexibility index (Phi) is 43.3. The SMILES string of the molecule is C=C=C=C=C=C=C=C=C=C=C=C=C=C=C=C=C=C=C=C=C=C=C=C=C=C=C=C=C=C=C=C=C=C=C=C=C=C=C=C=C=C=C=C=C=C=C=C=C=C=C=C=C=C=C=C=C=C=C=C=C=C=C=C=C=C=C=C=C=C.CC(C)(C)OC(=O)N1CCN(c2ncncc2N)CC1. The number of carbonyl (C=O) groups excluding carboxylic acids is 1. The number of nitrogens with two attached hydrogens (primary N) is 1. The number of ether oxygens (including phenoxy) is 1. The van der Waals surface area contributed by atoms with E-state index in [9.17, 15) is 4.79 Å². The summed E-state index contributed by atoms with van der Waals surface area (Å²) in [5, 5.41) is 0. The van der Waals surface area contributed by atoms with Gasteiger partial charge in [-0.15, -0.1) is 0 Å². The Bertz CT molecular complexity index is 5750. The van der Waals surface area contributed by atoms with Gasteiger partial charge in [0.1, 0.15) is 11.9 Å². The number of nitrogen functional groups attached to an aromatic ring is 1. The van der Waals surface area contributed by atoms with Crippen molar-refractivity contribution in [2.45, 2.75) is 26.4 Å². The molecule has 1 aliphatic heterocycles. The Balaban J connectivity index is 0.00000169. The lowest BCUT2D eigenvalue weighted by Crippen LogP contribution is -2.50. The number of piperazine rings is 1. The summed E-state index contributed by atoms with van der Waals surface area (Å²) in [6, 6.07) is 0. The van der Waals surface area contributed by atoms with Crippen LogP contribution in [-0.4, -0.2) is 52.7 Å². The molecule has 1 saturated heterocycles. The Morgan fingerprint density at radius 1 is 0.344 bits per heavy atom. The van der Waals surface area contributed by atoms with Gasteiger partial charge in [0.2, 0.25) is 0 Å². The van der Waals surface area contributed by atoms with Crippen molar-refractivity contribution >= 4 is 17.6 Å². The summed E-state index contributed by atoms with van der Waals surface area (Å²) in [5.74, 6) is 0.726. The van der Waals surface area contributed by atoms with Crippen molar-refractivity contribution in [2.75, 3.05) is 36.8 Å². The van der Waals surface area contributed by atoms with Crippen molar-refractivity contribution in [3.63, 3.8) is 0 Å². The molecule has 1 fully saturated rings. The topological polar surface area (TPSA) is 84.6 Å². The van der Waals surface area contributed by atoms with E-state index < -0.39 is 5.60 Å². The number of aromatic nitrogens is 2. The van der Waals surface area contributed by atoms with Gasteiger partial charge in [0.05, 0.1) is 11.9 Å². The monoisotopic (exact) mass is 1120 g/mol. The minimum atomic E-state index is -0.467. The van der Waals surface area contributed by atoms with Crippen molar-refractivity contribution in [1.29, 1.82) is 0 Å². The molecule has 1 aromatic rings. The fourth-order valence-electron chi connectivity index (χ4n) is 4.11. The van der Waals surface area contributed by atoms with Crippen molar-refractivity contribution in [3.05, 3.63) is 415 Å². The molecule has 0 saturated carbocycles. The smallest absolute Gasteiger partial charge is 0.410 e. The van der Waals surface area contributed by atoms with Gasteiger partial charge in [-0.2, -0.15) is 0 Å². The summed E-state index contributed by atoms with van der Waals surface area (Å²) >= 11 is 0. The van der Waals surface area contributed by atoms with Gasteiger partial charge in [-0.25, -0.2) is 14.8 Å². The van der Waals surface area contributed by atoms with Gasteiger partial charge in [0.25, 0.3) is 0 Å². The van der Waals surface area contributed by atoms with Crippen LogP contribution in [0.25, 0.3) is 0 Å². The third-order valence-electron chi connectivity index (χ3n) is 7.19. The highest BCUT2D eigenvalue weighted by Crippen LogP contribution is 2.20. The second-order valence-corrected chi connectivity index (χ2v) is 14.4. The molecular weight excluding hydrogens is 1100 g/mol. The average Bonchev–Trinajstić information content (AvgIpc) is 3.56. The maximum absolute atomic E-state index is 12.0. The van der Waals surface area contributed by atoms with E-state index in [-0.39, 0.29) is 6.09 Å². The lowest BCUT2D eigenvalue weighted by Gasteiger charge is -2.36. The molecule has 7 heteroatoms. The van der Waals surface area contributed by atoms with Crippen LogP contribution in [0.5, 0.6) is 0 Å². The lowest BCUT2D eigenvalue weighted by molar-refractivity contribution is 0.0240. The quantitative estimate of drug-likeness (QED) is 0.282. The van der Waals surface area contributed by atoms with Crippen molar-refractivity contribution in [3.8, 4) is 0 Å². The summed E-state index contributed by atoms with van der Waals surface area (Å²) in [7, 11) is 0. The van der Waals surface area contributed by atoms with Crippen LogP contribution in [0.2, 0.25) is 0 Å². The van der Waals surface area contributed by atoms with Crippen LogP contribution in [0.1, 0.15) is 20.8 Å². The molecule has 394 valence electrons. The number of anilines is 2. The van der Waals surface area contributed by atoms with E-state index in [2.05, 4.69) is 418 Å². The highest BCUT2D eigenvalue weighted by Gasteiger charge is 2.26. The molecule has 0 atom stereocenters. The van der Waals surface area contributed by atoms with E-state index in [0.29, 0.717) is 31.9 Å². The summed E-state index contributed by atoms with van der Waals surface area (Å²) in [6.45, 7) is 14.8. The first-order valence-electron chi connectivity index (χ1n) is 24.1. The van der Waals surface area contributed by atoms with Gasteiger partial charge in [0, 0.05) is 313 Å².